The van der Waals surface area contributed by atoms with Crippen LogP contribution in [0, 0.1) is 0 Å². The highest BCUT2D eigenvalue weighted by Gasteiger charge is 2.00. The molecular formula is C10H12N2O3S. The summed E-state index contributed by atoms with van der Waals surface area (Å²) in [5, 5.41) is 13.2. The van der Waals surface area contributed by atoms with Crippen LogP contribution in [-0.2, 0) is 6.54 Å². The molecule has 5 nitrogen and oxygen atoms in total. The van der Waals surface area contributed by atoms with Gasteiger partial charge in [0.2, 0.25) is 0 Å². The van der Waals surface area contributed by atoms with Crippen LogP contribution < -0.4 is 10.6 Å². The van der Waals surface area contributed by atoms with Gasteiger partial charge in [0.1, 0.15) is 0 Å². The van der Waals surface area contributed by atoms with Gasteiger partial charge in [-0.3, -0.25) is 4.79 Å². The molecule has 0 heterocycles. The fraction of sp³-hybridized carbons (Fsp3) is 0.200. The van der Waals surface area contributed by atoms with Gasteiger partial charge in [0, 0.05) is 12.2 Å². The largest absolute Gasteiger partial charge is 0.465 e. The Balaban J connectivity index is 2.54. The number of hydrogen-bond acceptors (Lipinski definition) is 3. The molecule has 0 aliphatic carbocycles. The normalized spacial score (nSPS) is 9.56. The first-order valence-electron chi connectivity index (χ1n) is 4.52. The predicted molar refractivity (Wildman–Crippen MR) is 63.8 cm³/mol. The number of benzene rings is 1. The summed E-state index contributed by atoms with van der Waals surface area (Å²) in [6.45, 7) is 0.256. The first-order valence-corrected chi connectivity index (χ1v) is 5.75. The predicted octanol–water partition coefficient (Wildman–Crippen LogP) is 2.35. The first-order chi connectivity index (χ1) is 7.61. The molecule has 0 spiro atoms. The van der Waals surface area contributed by atoms with Crippen molar-refractivity contribution in [3.63, 3.8) is 0 Å². The minimum atomic E-state index is -1.06. The van der Waals surface area contributed by atoms with Gasteiger partial charge >= 0.3 is 6.09 Å². The number of nitrogens with one attached hydrogen (secondary N) is 2. The first kappa shape index (κ1) is 12.4. The Morgan fingerprint density at radius 3 is 2.44 bits per heavy atom. The summed E-state index contributed by atoms with van der Waals surface area (Å²) in [4.78, 5) is 21.3. The van der Waals surface area contributed by atoms with Crippen molar-refractivity contribution < 1.29 is 14.7 Å². The van der Waals surface area contributed by atoms with E-state index in [0.717, 1.165) is 17.3 Å². The van der Waals surface area contributed by atoms with Gasteiger partial charge in [0.25, 0.3) is 5.24 Å². The minimum absolute atomic E-state index is 0.128. The van der Waals surface area contributed by atoms with E-state index < -0.39 is 6.09 Å². The topological polar surface area (TPSA) is 78.4 Å². The molecule has 0 saturated heterocycles. The van der Waals surface area contributed by atoms with Crippen LogP contribution in [0.3, 0.4) is 0 Å². The molecule has 16 heavy (non-hydrogen) atoms. The Morgan fingerprint density at radius 1 is 1.31 bits per heavy atom. The van der Waals surface area contributed by atoms with Gasteiger partial charge in [-0.25, -0.2) is 4.79 Å². The molecule has 0 saturated carbocycles. The standard InChI is InChI=1S/C10H12N2O3S/c1-16-10(15)12-8-4-2-7(3-5-8)6-11-9(13)14/h2-5,11H,6H2,1H3,(H,12,15)(H,13,14). The summed E-state index contributed by atoms with van der Waals surface area (Å²) < 4.78 is 0. The van der Waals surface area contributed by atoms with Crippen molar-refractivity contribution in [3.05, 3.63) is 29.8 Å². The Kier molecular flexibility index (Phi) is 4.65. The van der Waals surface area contributed by atoms with E-state index in [1.807, 2.05) is 0 Å². The lowest BCUT2D eigenvalue weighted by Crippen LogP contribution is -2.19. The van der Waals surface area contributed by atoms with Crippen LogP contribution in [0.5, 0.6) is 0 Å². The van der Waals surface area contributed by atoms with Crippen molar-refractivity contribution >= 4 is 28.8 Å². The van der Waals surface area contributed by atoms with Crippen LogP contribution in [-0.4, -0.2) is 22.7 Å². The maximum Gasteiger partial charge on any atom is 0.404 e. The summed E-state index contributed by atoms with van der Waals surface area (Å²) in [6.07, 6.45) is 0.639. The summed E-state index contributed by atoms with van der Waals surface area (Å²) in [5.74, 6) is 0. The maximum atomic E-state index is 11.0. The van der Waals surface area contributed by atoms with E-state index in [9.17, 15) is 9.59 Å². The van der Waals surface area contributed by atoms with Gasteiger partial charge < -0.3 is 15.7 Å². The zero-order chi connectivity index (χ0) is 12.0. The van der Waals surface area contributed by atoms with Crippen LogP contribution in [0.4, 0.5) is 15.3 Å². The Hall–Kier alpha value is -1.69. The average Bonchev–Trinajstić information content (AvgIpc) is 2.28. The average molecular weight is 240 g/mol. The molecule has 0 aliphatic rings. The summed E-state index contributed by atoms with van der Waals surface area (Å²) in [7, 11) is 0. The van der Waals surface area contributed by atoms with Crippen molar-refractivity contribution in [2.75, 3.05) is 11.6 Å². The fourth-order valence-electron chi connectivity index (χ4n) is 1.05. The van der Waals surface area contributed by atoms with Crippen LogP contribution in [0.1, 0.15) is 5.56 Å². The van der Waals surface area contributed by atoms with Crippen LogP contribution in [0.15, 0.2) is 24.3 Å². The van der Waals surface area contributed by atoms with Crippen molar-refractivity contribution in [3.8, 4) is 0 Å². The molecule has 0 aromatic heterocycles. The van der Waals surface area contributed by atoms with Crippen LogP contribution in [0.25, 0.3) is 0 Å². The van der Waals surface area contributed by atoms with E-state index in [-0.39, 0.29) is 11.8 Å². The van der Waals surface area contributed by atoms with Crippen LogP contribution >= 0.6 is 11.8 Å². The Labute approximate surface area is 97.2 Å². The number of carbonyl (C=O) groups is 2. The molecule has 0 radical (unpaired) electrons. The van der Waals surface area contributed by atoms with Gasteiger partial charge in [-0.15, -0.1) is 0 Å². The molecule has 0 atom stereocenters. The molecule has 0 unspecified atom stereocenters. The van der Waals surface area contributed by atoms with Gasteiger partial charge in [0.15, 0.2) is 0 Å². The third-order valence-corrected chi connectivity index (χ3v) is 2.30. The zero-order valence-corrected chi connectivity index (χ0v) is 9.50. The van der Waals surface area contributed by atoms with Crippen molar-refractivity contribution in [1.82, 2.24) is 5.32 Å². The molecular weight excluding hydrogens is 228 g/mol. The molecule has 0 aliphatic heterocycles. The van der Waals surface area contributed by atoms with Gasteiger partial charge in [-0.05, 0) is 24.0 Å². The number of carboxylic acid groups (broad SMARTS) is 1. The Morgan fingerprint density at radius 2 is 1.94 bits per heavy atom. The zero-order valence-electron chi connectivity index (χ0n) is 8.69. The summed E-state index contributed by atoms with van der Waals surface area (Å²) in [5.41, 5.74) is 1.53. The Bertz CT molecular complexity index is 378. The third-order valence-electron chi connectivity index (χ3n) is 1.83. The number of anilines is 1. The van der Waals surface area contributed by atoms with Gasteiger partial charge in [-0.1, -0.05) is 23.9 Å². The van der Waals surface area contributed by atoms with E-state index in [2.05, 4.69) is 10.6 Å². The lowest BCUT2D eigenvalue weighted by Gasteiger charge is -2.05. The molecule has 86 valence electrons. The molecule has 0 fully saturated rings. The van der Waals surface area contributed by atoms with Crippen LogP contribution in [0.2, 0.25) is 0 Å². The van der Waals surface area contributed by atoms with Crippen molar-refractivity contribution in [2.45, 2.75) is 6.54 Å². The molecule has 1 aromatic carbocycles. The van der Waals surface area contributed by atoms with Crippen molar-refractivity contribution in [2.24, 2.45) is 0 Å². The molecule has 6 heteroatoms. The monoisotopic (exact) mass is 240 g/mol. The molecule has 3 N–H and O–H groups in total. The maximum absolute atomic E-state index is 11.0. The third kappa shape index (κ3) is 4.22. The number of amides is 2. The second kappa shape index (κ2) is 6.02. The van der Waals surface area contributed by atoms with E-state index in [1.54, 1.807) is 30.5 Å². The highest BCUT2D eigenvalue weighted by atomic mass is 32.2. The van der Waals surface area contributed by atoms with Crippen molar-refractivity contribution in [1.29, 1.82) is 0 Å². The lowest BCUT2D eigenvalue weighted by atomic mass is 10.2. The van der Waals surface area contributed by atoms with E-state index >= 15 is 0 Å². The quantitative estimate of drug-likeness (QED) is 0.757. The van der Waals surface area contributed by atoms with Gasteiger partial charge in [0.05, 0.1) is 0 Å². The molecule has 1 rings (SSSR count). The van der Waals surface area contributed by atoms with Gasteiger partial charge in [-0.2, -0.15) is 0 Å². The lowest BCUT2D eigenvalue weighted by molar-refractivity contribution is 0.194. The fourth-order valence-corrected chi connectivity index (χ4v) is 1.27. The van der Waals surface area contributed by atoms with E-state index in [1.165, 1.54) is 0 Å². The number of carbonyl (C=O) groups excluding carboxylic acids is 1. The molecule has 2 amide bonds. The smallest absolute Gasteiger partial charge is 0.404 e. The SMILES string of the molecule is CSC(=O)Nc1ccc(CNC(=O)O)cc1. The highest BCUT2D eigenvalue weighted by Crippen LogP contribution is 2.11. The second-order valence-electron chi connectivity index (χ2n) is 2.97. The molecule has 0 bridgehead atoms. The summed E-state index contributed by atoms with van der Waals surface area (Å²) >= 11 is 1.10. The number of rotatable bonds is 3. The van der Waals surface area contributed by atoms with E-state index in [4.69, 9.17) is 5.11 Å². The number of thioether (sulfide) groups is 1. The van der Waals surface area contributed by atoms with E-state index in [0.29, 0.717) is 5.69 Å². The molecule has 1 aromatic rings. The summed E-state index contributed by atoms with van der Waals surface area (Å²) in [6, 6.07) is 6.97. The second-order valence-corrected chi connectivity index (χ2v) is 3.75. The number of hydrogen-bond donors (Lipinski definition) is 3. The minimum Gasteiger partial charge on any atom is -0.465 e. The highest BCUT2D eigenvalue weighted by molar-refractivity contribution is 8.13.